The summed E-state index contributed by atoms with van der Waals surface area (Å²) in [5, 5.41) is 29.0. The van der Waals surface area contributed by atoms with E-state index in [-0.39, 0.29) is 27.0 Å². The molecule has 0 aliphatic carbocycles. The summed E-state index contributed by atoms with van der Waals surface area (Å²) >= 11 is 0.320. The number of non-ortho nitro benzene ring substituents is 1. The molecule has 0 radical (unpaired) electrons. The van der Waals surface area contributed by atoms with Crippen molar-refractivity contribution in [2.75, 3.05) is 0 Å². The third-order valence-electron chi connectivity index (χ3n) is 4.41. The molecule has 2 unspecified atom stereocenters. The van der Waals surface area contributed by atoms with Gasteiger partial charge in [-0.05, 0) is 24.3 Å². The SMILES string of the molecule is O=C(O)CC(C(=O)O)N1C(=O)C(=Cc2ccc(-c3ccc([N+](=O)[O-])cc3)o2)SC1S(=O)(=O)O. The average Bonchev–Trinajstić information content (AvgIpc) is 3.31. The molecule has 1 amide bonds. The number of nitro benzene ring substituents is 1. The van der Waals surface area contributed by atoms with E-state index in [0.29, 0.717) is 17.3 Å². The zero-order chi connectivity index (χ0) is 24.5. The molecule has 33 heavy (non-hydrogen) atoms. The summed E-state index contributed by atoms with van der Waals surface area (Å²) in [6, 6.07) is 6.23. The van der Waals surface area contributed by atoms with Crippen LogP contribution in [0, 0.1) is 10.1 Å². The number of carbonyl (C=O) groups is 3. The third-order valence-corrected chi connectivity index (χ3v) is 7.14. The van der Waals surface area contributed by atoms with Gasteiger partial charge in [-0.15, -0.1) is 0 Å². The van der Waals surface area contributed by atoms with Crippen molar-refractivity contribution in [1.29, 1.82) is 0 Å². The smallest absolute Gasteiger partial charge is 0.327 e. The minimum absolute atomic E-state index is 0.0558. The molecule has 0 saturated carbocycles. The highest BCUT2D eigenvalue weighted by atomic mass is 32.3. The van der Waals surface area contributed by atoms with Gasteiger partial charge in [0.25, 0.3) is 21.7 Å². The van der Waals surface area contributed by atoms with Crippen LogP contribution in [0.1, 0.15) is 12.2 Å². The van der Waals surface area contributed by atoms with Gasteiger partial charge in [-0.1, -0.05) is 11.8 Å². The molecule has 1 aromatic carbocycles. The van der Waals surface area contributed by atoms with E-state index in [0.717, 1.165) is 6.08 Å². The molecule has 1 aromatic heterocycles. The standard InChI is InChI=1S/C18H14N2O11S2/c21-15(22)8-12(17(24)25)19-16(23)14(32-18(19)33(28,29)30)7-11-5-6-13(31-11)9-1-3-10(4-2-9)20(26)27/h1-7,12,18H,8H2,(H,21,22)(H,24,25)(H,28,29,30). The molecular weight excluding hydrogens is 484 g/mol. The number of furan rings is 1. The highest BCUT2D eigenvalue weighted by molar-refractivity contribution is 8.15. The Morgan fingerprint density at radius 2 is 1.85 bits per heavy atom. The maximum atomic E-state index is 12.8. The van der Waals surface area contributed by atoms with Crippen LogP contribution in [-0.4, -0.2) is 61.6 Å². The molecule has 174 valence electrons. The highest BCUT2D eigenvalue weighted by Crippen LogP contribution is 2.41. The zero-order valence-corrected chi connectivity index (χ0v) is 17.9. The van der Waals surface area contributed by atoms with E-state index < -0.39 is 50.1 Å². The molecule has 2 atom stereocenters. The summed E-state index contributed by atoms with van der Waals surface area (Å²) in [4.78, 5) is 45.5. The number of nitro groups is 1. The van der Waals surface area contributed by atoms with E-state index >= 15 is 0 Å². The maximum absolute atomic E-state index is 12.8. The lowest BCUT2D eigenvalue weighted by Gasteiger charge is -2.26. The number of amides is 1. The molecule has 13 nitrogen and oxygen atoms in total. The second-order valence-corrected chi connectivity index (χ2v) is 9.52. The Labute approximate surface area is 189 Å². The van der Waals surface area contributed by atoms with Crippen LogP contribution >= 0.6 is 11.8 Å². The summed E-state index contributed by atoms with van der Waals surface area (Å²) in [5.41, 5.74) is 0.340. The monoisotopic (exact) mass is 498 g/mol. The molecule has 1 fully saturated rings. The fourth-order valence-electron chi connectivity index (χ4n) is 2.96. The minimum atomic E-state index is -4.99. The second kappa shape index (κ2) is 9.05. The van der Waals surface area contributed by atoms with Crippen LogP contribution in [-0.2, 0) is 24.5 Å². The molecule has 2 heterocycles. The van der Waals surface area contributed by atoms with E-state index in [1.165, 1.54) is 36.4 Å². The molecule has 15 heteroatoms. The first-order valence-corrected chi connectivity index (χ1v) is 11.2. The summed E-state index contributed by atoms with van der Waals surface area (Å²) < 4.78 is 36.5. The minimum Gasteiger partial charge on any atom is -0.481 e. The molecule has 3 N–H and O–H groups in total. The third kappa shape index (κ3) is 5.21. The molecular formula is C18H14N2O11S2. The fraction of sp³-hybridized carbons (Fsp3) is 0.167. The van der Waals surface area contributed by atoms with Crippen LogP contribution in [0.25, 0.3) is 17.4 Å². The van der Waals surface area contributed by atoms with Gasteiger partial charge in [0.15, 0.2) is 0 Å². The number of nitrogens with zero attached hydrogens (tertiary/aromatic N) is 2. The van der Waals surface area contributed by atoms with Crippen LogP contribution in [0.2, 0.25) is 0 Å². The summed E-state index contributed by atoms with van der Waals surface area (Å²) in [6.07, 6.45) is 0.0196. The zero-order valence-electron chi connectivity index (χ0n) is 16.2. The average molecular weight is 498 g/mol. The van der Waals surface area contributed by atoms with Crippen LogP contribution in [0.15, 0.2) is 45.7 Å². The van der Waals surface area contributed by atoms with Gasteiger partial charge in [0.2, 0.25) is 4.71 Å². The van der Waals surface area contributed by atoms with Crippen LogP contribution in [0.5, 0.6) is 0 Å². The number of carboxylic acid groups (broad SMARTS) is 2. The molecule has 0 bridgehead atoms. The number of carbonyl (C=O) groups excluding carboxylic acids is 1. The second-order valence-electron chi connectivity index (χ2n) is 6.62. The Morgan fingerprint density at radius 1 is 1.21 bits per heavy atom. The topological polar surface area (TPSA) is 206 Å². The van der Waals surface area contributed by atoms with E-state index in [1.54, 1.807) is 0 Å². The van der Waals surface area contributed by atoms with Crippen molar-refractivity contribution in [3.63, 3.8) is 0 Å². The van der Waals surface area contributed by atoms with E-state index in [9.17, 15) is 42.6 Å². The molecule has 2 aromatic rings. The number of hydrogen-bond donors (Lipinski definition) is 3. The molecule has 1 saturated heterocycles. The van der Waals surface area contributed by atoms with Crippen molar-refractivity contribution in [2.24, 2.45) is 0 Å². The predicted molar refractivity (Wildman–Crippen MR) is 112 cm³/mol. The van der Waals surface area contributed by atoms with Crippen molar-refractivity contribution >= 4 is 51.5 Å². The van der Waals surface area contributed by atoms with Gasteiger partial charge in [0.1, 0.15) is 17.6 Å². The van der Waals surface area contributed by atoms with Crippen LogP contribution in [0.4, 0.5) is 5.69 Å². The molecule has 3 rings (SSSR count). The van der Waals surface area contributed by atoms with Gasteiger partial charge in [-0.2, -0.15) is 8.42 Å². The first kappa shape index (κ1) is 24.0. The van der Waals surface area contributed by atoms with Gasteiger partial charge < -0.3 is 14.6 Å². The molecule has 0 spiro atoms. The Kier molecular flexibility index (Phi) is 6.57. The number of thioether (sulfide) groups is 1. The number of rotatable bonds is 8. The van der Waals surface area contributed by atoms with E-state index in [4.69, 9.17) is 9.52 Å². The highest BCUT2D eigenvalue weighted by Gasteiger charge is 2.49. The van der Waals surface area contributed by atoms with Crippen molar-refractivity contribution in [2.45, 2.75) is 17.2 Å². The number of hydrogen-bond acceptors (Lipinski definition) is 9. The van der Waals surface area contributed by atoms with Crippen LogP contribution in [0.3, 0.4) is 0 Å². The van der Waals surface area contributed by atoms with Gasteiger partial charge in [-0.25, -0.2) is 4.79 Å². The molecule has 1 aliphatic heterocycles. The Hall–Kier alpha value is -3.69. The van der Waals surface area contributed by atoms with Crippen molar-refractivity contribution in [3.8, 4) is 11.3 Å². The first-order chi connectivity index (χ1) is 15.4. The molecule has 1 aliphatic rings. The Balaban J connectivity index is 1.94. The lowest BCUT2D eigenvalue weighted by Crippen LogP contribution is -2.49. The van der Waals surface area contributed by atoms with Crippen LogP contribution < -0.4 is 0 Å². The number of benzene rings is 1. The van der Waals surface area contributed by atoms with E-state index in [2.05, 4.69) is 0 Å². The maximum Gasteiger partial charge on any atom is 0.327 e. The van der Waals surface area contributed by atoms with E-state index in [1.807, 2.05) is 0 Å². The lowest BCUT2D eigenvalue weighted by molar-refractivity contribution is -0.384. The quantitative estimate of drug-likeness (QED) is 0.206. The number of carboxylic acids is 2. The predicted octanol–water partition coefficient (Wildman–Crippen LogP) is 1.87. The summed E-state index contributed by atoms with van der Waals surface area (Å²) in [5.74, 6) is -4.15. The van der Waals surface area contributed by atoms with Gasteiger partial charge in [-0.3, -0.25) is 29.2 Å². The van der Waals surface area contributed by atoms with Gasteiger partial charge >= 0.3 is 11.9 Å². The van der Waals surface area contributed by atoms with Crippen molar-refractivity contribution in [1.82, 2.24) is 4.90 Å². The summed E-state index contributed by atoms with van der Waals surface area (Å²) in [6.45, 7) is 0. The fourth-order valence-corrected chi connectivity index (χ4v) is 5.25. The summed E-state index contributed by atoms with van der Waals surface area (Å²) in [7, 11) is -4.99. The Bertz CT molecular complexity index is 1260. The van der Waals surface area contributed by atoms with Gasteiger partial charge in [0.05, 0.1) is 16.2 Å². The van der Waals surface area contributed by atoms with Gasteiger partial charge in [0, 0.05) is 23.8 Å². The van der Waals surface area contributed by atoms with Crippen molar-refractivity contribution < 1.29 is 46.9 Å². The van der Waals surface area contributed by atoms with Crippen molar-refractivity contribution in [3.05, 3.63) is 57.2 Å². The first-order valence-electron chi connectivity index (χ1n) is 8.85. The number of aliphatic carboxylic acids is 2. The Morgan fingerprint density at radius 3 is 2.36 bits per heavy atom. The largest absolute Gasteiger partial charge is 0.481 e. The lowest BCUT2D eigenvalue weighted by atomic mass is 10.1. The normalized spacial score (nSPS) is 18.5.